The van der Waals surface area contributed by atoms with E-state index in [1.54, 1.807) is 34.6 Å². The molecule has 1 amide bonds. The van der Waals surface area contributed by atoms with Gasteiger partial charge in [0.05, 0.1) is 36.2 Å². The standard InChI is InChI=1S/C20H26N4O7S/c1-7-30-19(26)14-11(4)16(20(27)31-8-2)32-18(14)21-17(25)10(3)9-23-13(6)15(24(28)29)12(5)22-23/h10H,7-9H2,1-6H3,(H,21,25). The molecule has 174 valence electrons. The van der Waals surface area contributed by atoms with Gasteiger partial charge in [0.1, 0.15) is 21.3 Å². The van der Waals surface area contributed by atoms with Crippen LogP contribution < -0.4 is 5.32 Å². The van der Waals surface area contributed by atoms with Crippen molar-refractivity contribution in [3.05, 3.63) is 37.5 Å². The van der Waals surface area contributed by atoms with E-state index in [1.165, 1.54) is 11.6 Å². The number of nitro groups is 1. The van der Waals surface area contributed by atoms with E-state index < -0.39 is 28.7 Å². The SMILES string of the molecule is CCOC(=O)c1sc(NC(=O)C(C)Cn2nc(C)c([N+](=O)[O-])c2C)c(C(=O)OCC)c1C. The molecule has 0 aliphatic rings. The number of aromatic nitrogens is 2. The van der Waals surface area contributed by atoms with Gasteiger partial charge in [-0.05, 0) is 40.2 Å². The van der Waals surface area contributed by atoms with Gasteiger partial charge in [-0.25, -0.2) is 9.59 Å². The first-order valence-electron chi connectivity index (χ1n) is 10.00. The maximum atomic E-state index is 12.9. The molecular weight excluding hydrogens is 440 g/mol. The first-order valence-corrected chi connectivity index (χ1v) is 10.8. The third kappa shape index (κ3) is 5.13. The highest BCUT2D eigenvalue weighted by Crippen LogP contribution is 2.35. The van der Waals surface area contributed by atoms with Crippen LogP contribution in [-0.2, 0) is 20.8 Å². The van der Waals surface area contributed by atoms with E-state index in [2.05, 4.69) is 10.4 Å². The largest absolute Gasteiger partial charge is 0.462 e. The van der Waals surface area contributed by atoms with Gasteiger partial charge < -0.3 is 14.8 Å². The quantitative estimate of drug-likeness (QED) is 0.336. The Morgan fingerprint density at radius 3 is 2.28 bits per heavy atom. The molecule has 1 unspecified atom stereocenters. The summed E-state index contributed by atoms with van der Waals surface area (Å²) in [6.45, 7) is 10.0. The van der Waals surface area contributed by atoms with Gasteiger partial charge in [-0.2, -0.15) is 5.10 Å². The Balaban J connectivity index is 2.30. The number of anilines is 1. The third-order valence-electron chi connectivity index (χ3n) is 4.74. The van der Waals surface area contributed by atoms with Gasteiger partial charge in [0.2, 0.25) is 5.91 Å². The molecular formula is C20H26N4O7S. The fraction of sp³-hybridized carbons (Fsp3) is 0.500. The van der Waals surface area contributed by atoms with E-state index in [0.717, 1.165) is 11.3 Å². The van der Waals surface area contributed by atoms with Crippen LogP contribution in [0.25, 0.3) is 0 Å². The van der Waals surface area contributed by atoms with Crippen LogP contribution in [0.5, 0.6) is 0 Å². The lowest BCUT2D eigenvalue weighted by Gasteiger charge is -2.13. The Bertz CT molecular complexity index is 1060. The first kappa shape index (κ1) is 25.0. The summed E-state index contributed by atoms with van der Waals surface area (Å²) < 4.78 is 11.5. The third-order valence-corrected chi connectivity index (χ3v) is 5.93. The molecule has 0 fully saturated rings. The van der Waals surface area contributed by atoms with E-state index in [0.29, 0.717) is 11.3 Å². The Labute approximate surface area is 188 Å². The Morgan fingerprint density at radius 2 is 1.75 bits per heavy atom. The highest BCUT2D eigenvalue weighted by Gasteiger charge is 2.29. The number of nitrogens with one attached hydrogen (secondary N) is 1. The molecule has 11 nitrogen and oxygen atoms in total. The molecule has 2 aromatic heterocycles. The summed E-state index contributed by atoms with van der Waals surface area (Å²) in [7, 11) is 0. The molecule has 12 heteroatoms. The van der Waals surface area contributed by atoms with Crippen LogP contribution in [-0.4, -0.2) is 45.8 Å². The molecule has 1 N–H and O–H groups in total. The van der Waals surface area contributed by atoms with Crippen LogP contribution in [0.15, 0.2) is 0 Å². The average molecular weight is 467 g/mol. The number of amides is 1. The minimum atomic E-state index is -0.658. The highest BCUT2D eigenvalue weighted by molar-refractivity contribution is 7.18. The molecule has 0 bridgehead atoms. The van der Waals surface area contributed by atoms with Gasteiger partial charge in [0, 0.05) is 0 Å². The van der Waals surface area contributed by atoms with Gasteiger partial charge in [-0.15, -0.1) is 11.3 Å². The molecule has 2 heterocycles. The number of carbonyl (C=O) groups is 3. The van der Waals surface area contributed by atoms with E-state index in [-0.39, 0.29) is 46.6 Å². The van der Waals surface area contributed by atoms with E-state index >= 15 is 0 Å². The molecule has 0 spiro atoms. The maximum absolute atomic E-state index is 12.9. The summed E-state index contributed by atoms with van der Waals surface area (Å²) in [5.41, 5.74) is 0.981. The normalized spacial score (nSPS) is 11.7. The molecule has 0 aliphatic heterocycles. The van der Waals surface area contributed by atoms with Crippen molar-refractivity contribution in [1.82, 2.24) is 9.78 Å². The van der Waals surface area contributed by atoms with Crippen molar-refractivity contribution < 1.29 is 28.8 Å². The average Bonchev–Trinajstić information content (AvgIpc) is 3.17. The Hall–Kier alpha value is -3.28. The van der Waals surface area contributed by atoms with Gasteiger partial charge in [-0.1, -0.05) is 6.92 Å². The smallest absolute Gasteiger partial charge is 0.348 e. The van der Waals surface area contributed by atoms with Crippen molar-refractivity contribution in [2.24, 2.45) is 5.92 Å². The second-order valence-electron chi connectivity index (χ2n) is 7.05. The molecule has 0 aromatic carbocycles. The van der Waals surface area contributed by atoms with E-state index in [9.17, 15) is 24.5 Å². The fourth-order valence-corrected chi connectivity index (χ4v) is 4.24. The summed E-state index contributed by atoms with van der Waals surface area (Å²) >= 11 is 0.935. The molecule has 2 aromatic rings. The molecule has 0 aliphatic carbocycles. The summed E-state index contributed by atoms with van der Waals surface area (Å²) in [6, 6.07) is 0. The van der Waals surface area contributed by atoms with Crippen molar-refractivity contribution in [2.45, 2.75) is 48.1 Å². The van der Waals surface area contributed by atoms with Crippen molar-refractivity contribution in [3.63, 3.8) is 0 Å². The Morgan fingerprint density at radius 1 is 1.16 bits per heavy atom. The zero-order valence-electron chi connectivity index (χ0n) is 18.8. The van der Waals surface area contributed by atoms with Gasteiger partial charge in [0.15, 0.2) is 0 Å². The van der Waals surface area contributed by atoms with Crippen molar-refractivity contribution >= 4 is 39.9 Å². The zero-order chi connectivity index (χ0) is 24.2. The predicted molar refractivity (Wildman–Crippen MR) is 117 cm³/mol. The summed E-state index contributed by atoms with van der Waals surface area (Å²) in [6.07, 6.45) is 0. The van der Waals surface area contributed by atoms with Crippen LogP contribution in [0.4, 0.5) is 10.7 Å². The summed E-state index contributed by atoms with van der Waals surface area (Å²) in [5.74, 6) is -2.34. The van der Waals surface area contributed by atoms with Crippen LogP contribution >= 0.6 is 11.3 Å². The number of thiophene rings is 1. The van der Waals surface area contributed by atoms with Crippen molar-refractivity contribution in [2.75, 3.05) is 18.5 Å². The molecule has 0 radical (unpaired) electrons. The number of aryl methyl sites for hydroxylation is 1. The number of nitrogens with zero attached hydrogens (tertiary/aromatic N) is 3. The Kier molecular flexibility index (Phi) is 8.08. The van der Waals surface area contributed by atoms with Crippen molar-refractivity contribution in [3.8, 4) is 0 Å². The van der Waals surface area contributed by atoms with Gasteiger partial charge in [-0.3, -0.25) is 19.6 Å². The minimum absolute atomic E-state index is 0.0878. The lowest BCUT2D eigenvalue weighted by molar-refractivity contribution is -0.386. The van der Waals surface area contributed by atoms with Crippen LogP contribution in [0.2, 0.25) is 0 Å². The minimum Gasteiger partial charge on any atom is -0.462 e. The summed E-state index contributed by atoms with van der Waals surface area (Å²) in [4.78, 5) is 48.5. The number of hydrogen-bond donors (Lipinski definition) is 1. The number of rotatable bonds is 9. The van der Waals surface area contributed by atoms with Crippen molar-refractivity contribution in [1.29, 1.82) is 0 Å². The molecule has 1 atom stereocenters. The topological polar surface area (TPSA) is 143 Å². The second kappa shape index (κ2) is 10.4. The number of ether oxygens (including phenoxy) is 2. The first-order chi connectivity index (χ1) is 15.0. The maximum Gasteiger partial charge on any atom is 0.348 e. The second-order valence-corrected chi connectivity index (χ2v) is 8.07. The number of hydrogen-bond acceptors (Lipinski definition) is 9. The number of esters is 2. The molecule has 2 rings (SSSR count). The fourth-order valence-electron chi connectivity index (χ4n) is 3.15. The van der Waals surface area contributed by atoms with E-state index in [1.807, 2.05) is 0 Å². The molecule has 0 saturated heterocycles. The number of carbonyl (C=O) groups excluding carboxylic acids is 3. The lowest BCUT2D eigenvalue weighted by Crippen LogP contribution is -2.25. The molecule has 0 saturated carbocycles. The van der Waals surface area contributed by atoms with Crippen LogP contribution in [0.3, 0.4) is 0 Å². The van der Waals surface area contributed by atoms with Gasteiger partial charge >= 0.3 is 17.6 Å². The van der Waals surface area contributed by atoms with E-state index in [4.69, 9.17) is 9.47 Å². The van der Waals surface area contributed by atoms with Crippen LogP contribution in [0.1, 0.15) is 57.8 Å². The van der Waals surface area contributed by atoms with Crippen LogP contribution in [0, 0.1) is 36.8 Å². The summed E-state index contributed by atoms with van der Waals surface area (Å²) in [5, 5.41) is 18.2. The zero-order valence-corrected chi connectivity index (χ0v) is 19.6. The monoisotopic (exact) mass is 466 g/mol. The predicted octanol–water partition coefficient (Wildman–Crippen LogP) is 3.41. The highest BCUT2D eigenvalue weighted by atomic mass is 32.1. The molecule has 32 heavy (non-hydrogen) atoms. The lowest BCUT2D eigenvalue weighted by atomic mass is 10.1. The van der Waals surface area contributed by atoms with Gasteiger partial charge in [0.25, 0.3) is 0 Å².